The molecule has 5 heteroatoms. The quantitative estimate of drug-likeness (QED) is 0.931. The van der Waals surface area contributed by atoms with E-state index in [0.29, 0.717) is 6.04 Å². The fourth-order valence-electron chi connectivity index (χ4n) is 2.88. The maximum atomic E-state index is 13.6. The summed E-state index contributed by atoms with van der Waals surface area (Å²) in [6.07, 6.45) is 2.53. The molecule has 0 amide bonds. The SMILES string of the molecule is CC(C)(N)CN1CCN(C2CC2)c2ccc(F)cc21.Cl. The van der Waals surface area contributed by atoms with Gasteiger partial charge in [-0.3, -0.25) is 0 Å². The van der Waals surface area contributed by atoms with Gasteiger partial charge in [-0.25, -0.2) is 4.39 Å². The second-order valence-corrected chi connectivity index (χ2v) is 6.47. The van der Waals surface area contributed by atoms with Gasteiger partial charge in [-0.05, 0) is 44.9 Å². The third kappa shape index (κ3) is 3.18. The zero-order valence-electron chi connectivity index (χ0n) is 12.1. The average molecular weight is 300 g/mol. The minimum Gasteiger partial charge on any atom is -0.366 e. The van der Waals surface area contributed by atoms with Crippen LogP contribution in [0.25, 0.3) is 0 Å². The number of nitrogens with two attached hydrogens (primary N) is 1. The Morgan fingerprint density at radius 1 is 1.25 bits per heavy atom. The van der Waals surface area contributed by atoms with Crippen LogP contribution in [0.1, 0.15) is 26.7 Å². The Labute approximate surface area is 126 Å². The summed E-state index contributed by atoms with van der Waals surface area (Å²) in [7, 11) is 0. The Hall–Kier alpha value is -1.00. The molecule has 0 aromatic heterocycles. The lowest BCUT2D eigenvalue weighted by Gasteiger charge is -2.41. The molecule has 3 rings (SSSR count). The van der Waals surface area contributed by atoms with E-state index in [-0.39, 0.29) is 23.8 Å². The van der Waals surface area contributed by atoms with Gasteiger partial charge in [-0.15, -0.1) is 12.4 Å². The number of anilines is 2. The molecule has 1 aromatic rings. The van der Waals surface area contributed by atoms with Crippen molar-refractivity contribution in [2.24, 2.45) is 5.73 Å². The molecular weight excluding hydrogens is 277 g/mol. The molecule has 1 saturated carbocycles. The monoisotopic (exact) mass is 299 g/mol. The largest absolute Gasteiger partial charge is 0.366 e. The van der Waals surface area contributed by atoms with Crippen molar-refractivity contribution in [1.29, 1.82) is 0 Å². The normalized spacial score (nSPS) is 18.6. The third-order valence-corrected chi connectivity index (χ3v) is 3.78. The third-order valence-electron chi connectivity index (χ3n) is 3.78. The number of hydrogen-bond acceptors (Lipinski definition) is 3. The molecule has 0 spiro atoms. The highest BCUT2D eigenvalue weighted by atomic mass is 35.5. The van der Waals surface area contributed by atoms with Crippen molar-refractivity contribution in [1.82, 2.24) is 0 Å². The van der Waals surface area contributed by atoms with Crippen LogP contribution >= 0.6 is 12.4 Å². The summed E-state index contributed by atoms with van der Waals surface area (Å²) in [4.78, 5) is 4.64. The first-order valence-corrected chi connectivity index (χ1v) is 7.04. The van der Waals surface area contributed by atoms with Crippen LogP contribution in [0, 0.1) is 5.82 Å². The summed E-state index contributed by atoms with van der Waals surface area (Å²) in [5, 5.41) is 0. The number of nitrogens with zero attached hydrogens (tertiary/aromatic N) is 2. The topological polar surface area (TPSA) is 32.5 Å². The molecule has 0 bridgehead atoms. The highest BCUT2D eigenvalue weighted by molar-refractivity contribution is 5.85. The highest BCUT2D eigenvalue weighted by Gasteiger charge is 2.34. The van der Waals surface area contributed by atoms with Crippen molar-refractivity contribution in [3.8, 4) is 0 Å². The van der Waals surface area contributed by atoms with Crippen molar-refractivity contribution in [3.05, 3.63) is 24.0 Å². The zero-order valence-corrected chi connectivity index (χ0v) is 12.9. The van der Waals surface area contributed by atoms with Gasteiger partial charge in [0.15, 0.2) is 0 Å². The van der Waals surface area contributed by atoms with Crippen LogP contribution in [-0.4, -0.2) is 31.2 Å². The van der Waals surface area contributed by atoms with Gasteiger partial charge < -0.3 is 15.5 Å². The molecule has 0 unspecified atom stereocenters. The summed E-state index contributed by atoms with van der Waals surface area (Å²) >= 11 is 0. The Bertz CT molecular complexity index is 482. The predicted octanol–water partition coefficient (Wildman–Crippen LogP) is 2.77. The van der Waals surface area contributed by atoms with E-state index < -0.39 is 0 Å². The van der Waals surface area contributed by atoms with Crippen LogP contribution in [0.5, 0.6) is 0 Å². The van der Waals surface area contributed by atoms with Crippen LogP contribution in [0.15, 0.2) is 18.2 Å². The van der Waals surface area contributed by atoms with Crippen LogP contribution in [0.4, 0.5) is 15.8 Å². The summed E-state index contributed by atoms with van der Waals surface area (Å²) in [6, 6.07) is 5.79. The van der Waals surface area contributed by atoms with E-state index in [4.69, 9.17) is 5.73 Å². The van der Waals surface area contributed by atoms with E-state index in [1.54, 1.807) is 12.1 Å². The Balaban J connectivity index is 0.00000147. The van der Waals surface area contributed by atoms with Gasteiger partial charge in [0.25, 0.3) is 0 Å². The maximum absolute atomic E-state index is 13.6. The van der Waals surface area contributed by atoms with Gasteiger partial charge in [-0.1, -0.05) is 0 Å². The lowest BCUT2D eigenvalue weighted by molar-refractivity contribution is 0.498. The molecule has 0 atom stereocenters. The van der Waals surface area contributed by atoms with Crippen molar-refractivity contribution in [2.45, 2.75) is 38.3 Å². The van der Waals surface area contributed by atoms with Crippen molar-refractivity contribution in [3.63, 3.8) is 0 Å². The molecule has 2 N–H and O–H groups in total. The molecule has 1 heterocycles. The van der Waals surface area contributed by atoms with Gasteiger partial charge in [0.1, 0.15) is 5.82 Å². The maximum Gasteiger partial charge on any atom is 0.125 e. The molecular formula is C15H23ClFN3. The van der Waals surface area contributed by atoms with Gasteiger partial charge in [0, 0.05) is 31.2 Å². The van der Waals surface area contributed by atoms with E-state index in [1.807, 2.05) is 19.9 Å². The van der Waals surface area contributed by atoms with E-state index in [0.717, 1.165) is 25.3 Å². The number of fused-ring (bicyclic) bond motifs is 1. The molecule has 0 saturated heterocycles. The van der Waals surface area contributed by atoms with Crippen LogP contribution in [-0.2, 0) is 0 Å². The number of halogens is 2. The number of hydrogen-bond donors (Lipinski definition) is 1. The summed E-state index contributed by atoms with van der Waals surface area (Å²) in [6.45, 7) is 6.72. The minimum absolute atomic E-state index is 0. The second-order valence-electron chi connectivity index (χ2n) is 6.47. The molecule has 20 heavy (non-hydrogen) atoms. The van der Waals surface area contributed by atoms with Crippen molar-refractivity contribution < 1.29 is 4.39 Å². The van der Waals surface area contributed by atoms with Gasteiger partial charge in [0.05, 0.1) is 11.4 Å². The van der Waals surface area contributed by atoms with E-state index in [9.17, 15) is 4.39 Å². The fourth-order valence-corrected chi connectivity index (χ4v) is 2.88. The molecule has 1 aromatic carbocycles. The number of benzene rings is 1. The fraction of sp³-hybridized carbons (Fsp3) is 0.600. The molecule has 1 aliphatic carbocycles. The molecule has 0 radical (unpaired) electrons. The van der Waals surface area contributed by atoms with Crippen LogP contribution in [0.3, 0.4) is 0 Å². The summed E-state index contributed by atoms with van der Waals surface area (Å²) in [5.41, 5.74) is 8.01. The summed E-state index contributed by atoms with van der Waals surface area (Å²) < 4.78 is 13.6. The molecule has 1 fully saturated rings. The summed E-state index contributed by atoms with van der Waals surface area (Å²) in [5.74, 6) is -0.170. The average Bonchev–Trinajstić information content (AvgIpc) is 3.12. The first-order chi connectivity index (χ1) is 8.94. The van der Waals surface area contributed by atoms with Gasteiger partial charge >= 0.3 is 0 Å². The Kier molecular flexibility index (Phi) is 4.17. The smallest absolute Gasteiger partial charge is 0.125 e. The molecule has 2 aliphatic rings. The van der Waals surface area contributed by atoms with Crippen molar-refractivity contribution in [2.75, 3.05) is 29.4 Å². The molecule has 3 nitrogen and oxygen atoms in total. The lowest BCUT2D eigenvalue weighted by atomic mass is 10.0. The zero-order chi connectivity index (χ0) is 13.6. The van der Waals surface area contributed by atoms with Crippen molar-refractivity contribution >= 4 is 23.8 Å². The van der Waals surface area contributed by atoms with Crippen LogP contribution < -0.4 is 15.5 Å². The Morgan fingerprint density at radius 3 is 2.55 bits per heavy atom. The standard InChI is InChI=1S/C15H22FN3.ClH/c1-15(2,17)10-18-7-8-19(12-4-5-12)13-6-3-11(16)9-14(13)18;/h3,6,9,12H,4-5,7-8,10,17H2,1-2H3;1H. The lowest BCUT2D eigenvalue weighted by Crippen LogP contribution is -2.50. The first kappa shape index (κ1) is 15.4. The molecule has 112 valence electrons. The minimum atomic E-state index is -0.272. The van der Waals surface area contributed by atoms with E-state index >= 15 is 0 Å². The van der Waals surface area contributed by atoms with E-state index in [1.165, 1.54) is 18.5 Å². The highest BCUT2D eigenvalue weighted by Crippen LogP contribution is 2.40. The second kappa shape index (κ2) is 5.41. The predicted molar refractivity (Wildman–Crippen MR) is 84.5 cm³/mol. The Morgan fingerprint density at radius 2 is 1.95 bits per heavy atom. The first-order valence-electron chi connectivity index (χ1n) is 7.04. The number of rotatable bonds is 3. The van der Waals surface area contributed by atoms with Gasteiger partial charge in [-0.2, -0.15) is 0 Å². The molecule has 1 aliphatic heterocycles. The van der Waals surface area contributed by atoms with E-state index in [2.05, 4.69) is 9.80 Å². The van der Waals surface area contributed by atoms with Gasteiger partial charge in [0.2, 0.25) is 0 Å². The van der Waals surface area contributed by atoms with Crippen LogP contribution in [0.2, 0.25) is 0 Å².